The highest BCUT2D eigenvalue weighted by molar-refractivity contribution is 7.85. The van der Waals surface area contributed by atoms with E-state index in [0.29, 0.717) is 12.0 Å². The number of pyridine rings is 1. The molecule has 1 aromatic heterocycles. The predicted molar refractivity (Wildman–Crippen MR) is 180 cm³/mol. The molecule has 0 bridgehead atoms. The average Bonchev–Trinajstić information content (AvgIpc) is 3.04. The van der Waals surface area contributed by atoms with Crippen molar-refractivity contribution in [2.24, 2.45) is 23.1 Å². The van der Waals surface area contributed by atoms with E-state index in [-0.39, 0.29) is 30.1 Å². The molecule has 3 rings (SSSR count). The minimum absolute atomic E-state index is 0.0107. The van der Waals surface area contributed by atoms with Gasteiger partial charge in [0, 0.05) is 12.4 Å². The first kappa shape index (κ1) is 39.0. The maximum absolute atomic E-state index is 14.5. The lowest BCUT2D eigenvalue weighted by atomic mass is 9.64. The number of nitrogens with two attached hydrogens (primary N) is 1. The number of hydrogen-bond acceptors (Lipinski definition) is 8. The minimum atomic E-state index is -4.02. The van der Waals surface area contributed by atoms with E-state index in [1.165, 1.54) is 12.1 Å². The number of nitrogens with zero attached hydrogens (tertiary/aromatic N) is 1. The zero-order valence-electron chi connectivity index (χ0n) is 27.5. The van der Waals surface area contributed by atoms with Gasteiger partial charge in [-0.2, -0.15) is 8.42 Å². The molecule has 1 unspecified atom stereocenters. The number of benzene rings is 2. The predicted octanol–water partition coefficient (Wildman–Crippen LogP) is 5.33. The number of aromatic nitrogens is 1. The first-order valence-electron chi connectivity index (χ1n) is 15.4. The van der Waals surface area contributed by atoms with Crippen LogP contribution >= 0.6 is 0 Å². The highest BCUT2D eigenvalue weighted by atomic mass is 32.2. The van der Waals surface area contributed by atoms with Crippen LogP contribution in [0.2, 0.25) is 0 Å². The van der Waals surface area contributed by atoms with Gasteiger partial charge in [0.25, 0.3) is 10.1 Å². The molecule has 3 aromatic rings. The van der Waals surface area contributed by atoms with Gasteiger partial charge in [0.15, 0.2) is 5.78 Å². The number of hydrogen-bond donors (Lipinski definition) is 5. The largest absolute Gasteiger partial charge is 0.298 e. The molecule has 0 aliphatic rings. The zero-order valence-corrected chi connectivity index (χ0v) is 28.3. The van der Waals surface area contributed by atoms with Crippen LogP contribution in [-0.2, 0) is 24.5 Å². The van der Waals surface area contributed by atoms with Crippen molar-refractivity contribution in [3.63, 3.8) is 0 Å². The molecular weight excluding hydrogens is 620 g/mol. The van der Waals surface area contributed by atoms with E-state index in [9.17, 15) is 28.0 Å². The van der Waals surface area contributed by atoms with Crippen molar-refractivity contribution in [2.75, 3.05) is 0 Å². The molecule has 0 aliphatic carbocycles. The molecule has 47 heavy (non-hydrogen) atoms. The molecular formula is C35H46N4O7S. The number of carbonyl (C=O) groups is 3. The summed E-state index contributed by atoms with van der Waals surface area (Å²) in [6.07, 6.45) is 8.08. The summed E-state index contributed by atoms with van der Waals surface area (Å²) in [5, 5.41) is 9.63. The first-order chi connectivity index (χ1) is 22.2. The molecule has 0 saturated heterocycles. The van der Waals surface area contributed by atoms with Crippen molar-refractivity contribution < 1.29 is 32.6 Å². The molecule has 0 fully saturated rings. The van der Waals surface area contributed by atoms with Gasteiger partial charge in [0.1, 0.15) is 5.41 Å². The molecule has 0 saturated carbocycles. The fourth-order valence-corrected chi connectivity index (χ4v) is 6.13. The fraction of sp³-hybridized carbons (Fsp3) is 0.371. The lowest BCUT2D eigenvalue weighted by Crippen LogP contribution is -2.53. The Labute approximate surface area is 277 Å². The van der Waals surface area contributed by atoms with Gasteiger partial charge >= 0.3 is 0 Å². The normalized spacial score (nSPS) is 14.0. The van der Waals surface area contributed by atoms with Gasteiger partial charge in [-0.15, -0.1) is 0 Å². The maximum atomic E-state index is 14.5. The Morgan fingerprint density at radius 1 is 1.02 bits per heavy atom. The van der Waals surface area contributed by atoms with Crippen LogP contribution < -0.4 is 16.7 Å². The van der Waals surface area contributed by atoms with Crippen LogP contribution in [0.5, 0.6) is 0 Å². The third-order valence-corrected chi connectivity index (χ3v) is 8.70. The second-order valence-electron chi connectivity index (χ2n) is 11.9. The van der Waals surface area contributed by atoms with Crippen molar-refractivity contribution in [3.8, 4) is 0 Å². The molecule has 12 heteroatoms. The SMILES string of the molecule is CCCC(CC(C)C)(C(=O)NN)C(=O)[C@@H](c1cnccc1C)[C@H](C/C=C/c1ccccc1)C(=O)NO.Cc1ccc(S(=O)(=O)O)cc1. The Hall–Kier alpha value is -4.23. The standard InChI is InChI=1S/C28H38N4O4.C7H8O3S/c1-5-15-28(17-19(2)3,27(35)31-29)25(33)24(23-18-30-16-14-20(23)4)22(26(34)32-36)13-9-12-21-10-7-6-8-11-21;1-6-2-4-7(5-3-6)11(8,9)10/h6-12,14,16,18-19,22,24,36H,5,13,15,17,29H2,1-4H3,(H,31,35)(H,32,34);2-5H,1H3,(H,8,9,10)/b12-9+;/t22-,24+,28?;/m0./s1. The topological polar surface area (TPSA) is 189 Å². The molecule has 2 aromatic carbocycles. The second kappa shape index (κ2) is 18.2. The number of aryl methyl sites for hydroxylation is 2. The van der Waals surface area contributed by atoms with Gasteiger partial charge in [-0.1, -0.05) is 87.4 Å². The van der Waals surface area contributed by atoms with E-state index in [2.05, 4.69) is 10.4 Å². The monoisotopic (exact) mass is 666 g/mol. The average molecular weight is 667 g/mol. The van der Waals surface area contributed by atoms with Crippen molar-refractivity contribution in [1.29, 1.82) is 0 Å². The molecule has 254 valence electrons. The molecule has 3 atom stereocenters. The van der Waals surface area contributed by atoms with Crippen molar-refractivity contribution in [1.82, 2.24) is 15.9 Å². The highest BCUT2D eigenvalue weighted by Gasteiger charge is 2.51. The number of allylic oxidation sites excluding steroid dienone is 1. The minimum Gasteiger partial charge on any atom is -0.298 e. The van der Waals surface area contributed by atoms with Crippen LogP contribution in [0.1, 0.15) is 74.6 Å². The Morgan fingerprint density at radius 2 is 1.66 bits per heavy atom. The Bertz CT molecular complexity index is 1610. The molecule has 11 nitrogen and oxygen atoms in total. The van der Waals surface area contributed by atoms with Gasteiger partial charge in [-0.05, 0) is 73.9 Å². The van der Waals surface area contributed by atoms with Crippen molar-refractivity contribution in [2.45, 2.75) is 71.1 Å². The number of hydrazine groups is 1. The quantitative estimate of drug-likeness (QED) is 0.0378. The van der Waals surface area contributed by atoms with Crippen LogP contribution in [0.25, 0.3) is 6.08 Å². The number of hydroxylamine groups is 1. The first-order valence-corrected chi connectivity index (χ1v) is 16.8. The molecule has 0 aliphatic heterocycles. The number of ketones is 1. The second-order valence-corrected chi connectivity index (χ2v) is 13.3. The summed E-state index contributed by atoms with van der Waals surface area (Å²) in [4.78, 5) is 44.9. The van der Waals surface area contributed by atoms with E-state index < -0.39 is 45.0 Å². The van der Waals surface area contributed by atoms with E-state index in [1.807, 2.05) is 71.0 Å². The number of Topliss-reactive ketones (excluding diaryl/α,β-unsaturated/α-hetero) is 1. The number of rotatable bonds is 14. The molecule has 6 N–H and O–H groups in total. The molecule has 2 amide bonds. The summed E-state index contributed by atoms with van der Waals surface area (Å²) in [6, 6.07) is 17.3. The van der Waals surface area contributed by atoms with Crippen molar-refractivity contribution >= 4 is 33.8 Å². The van der Waals surface area contributed by atoms with Crippen LogP contribution in [-0.4, -0.2) is 40.8 Å². The van der Waals surface area contributed by atoms with Crippen LogP contribution in [0, 0.1) is 31.1 Å². The van der Waals surface area contributed by atoms with Crippen molar-refractivity contribution in [3.05, 3.63) is 101 Å². The van der Waals surface area contributed by atoms with Gasteiger partial charge in [-0.3, -0.25) is 34.6 Å². The summed E-state index contributed by atoms with van der Waals surface area (Å²) in [5.41, 5.74) is 5.69. The van der Waals surface area contributed by atoms with E-state index >= 15 is 0 Å². The van der Waals surface area contributed by atoms with Crippen LogP contribution in [0.4, 0.5) is 0 Å². The zero-order chi connectivity index (χ0) is 35.2. The number of amides is 2. The summed E-state index contributed by atoms with van der Waals surface area (Å²) in [5.74, 6) is 1.89. The van der Waals surface area contributed by atoms with E-state index in [0.717, 1.165) is 16.7 Å². The lowest BCUT2D eigenvalue weighted by Gasteiger charge is -2.37. The van der Waals surface area contributed by atoms with E-state index in [1.54, 1.807) is 42.1 Å². The van der Waals surface area contributed by atoms with Gasteiger partial charge in [-0.25, -0.2) is 11.3 Å². The van der Waals surface area contributed by atoms with Crippen LogP contribution in [0.15, 0.2) is 84.0 Å². The van der Waals surface area contributed by atoms with Crippen LogP contribution in [0.3, 0.4) is 0 Å². The smallest absolute Gasteiger partial charge is 0.294 e. The molecule has 0 spiro atoms. The van der Waals surface area contributed by atoms with Gasteiger partial charge in [0.2, 0.25) is 11.8 Å². The number of nitrogens with one attached hydrogen (secondary N) is 2. The highest BCUT2D eigenvalue weighted by Crippen LogP contribution is 2.43. The Morgan fingerprint density at radius 3 is 2.17 bits per heavy atom. The molecule has 0 radical (unpaired) electrons. The third-order valence-electron chi connectivity index (χ3n) is 7.84. The van der Waals surface area contributed by atoms with Gasteiger partial charge < -0.3 is 0 Å². The maximum Gasteiger partial charge on any atom is 0.294 e. The Balaban J connectivity index is 0.000000587. The fourth-order valence-electron chi connectivity index (χ4n) is 5.65. The van der Waals surface area contributed by atoms with E-state index in [4.69, 9.17) is 10.4 Å². The Kier molecular flexibility index (Phi) is 15.1. The lowest BCUT2D eigenvalue weighted by molar-refractivity contribution is -0.148. The summed E-state index contributed by atoms with van der Waals surface area (Å²) in [7, 11) is -4.02. The summed E-state index contributed by atoms with van der Waals surface area (Å²) < 4.78 is 29.6. The third kappa shape index (κ3) is 10.9. The summed E-state index contributed by atoms with van der Waals surface area (Å²) in [6.45, 7) is 9.45. The molecule has 1 heterocycles. The number of carbonyl (C=O) groups excluding carboxylic acids is 3. The van der Waals surface area contributed by atoms with Gasteiger partial charge in [0.05, 0.1) is 16.7 Å². The summed E-state index contributed by atoms with van der Waals surface area (Å²) >= 11 is 0.